The third-order valence-corrected chi connectivity index (χ3v) is 5.79. The zero-order valence-corrected chi connectivity index (χ0v) is 13.3. The SMILES string of the molecule is O=C1[C@@H]2[C@H]3CC[C@H](C3)N2C(=O)N1c1ccc([N+](=O)[O-])c2ccccc12. The molecule has 0 N–H and O–H groups in total. The molecule has 0 unspecified atom stereocenters. The molecule has 7 heteroatoms. The summed E-state index contributed by atoms with van der Waals surface area (Å²) in [6.45, 7) is 0. The Bertz CT molecular complexity index is 928. The Hall–Kier alpha value is -2.96. The third kappa shape index (κ3) is 1.75. The predicted octanol–water partition coefficient (Wildman–Crippen LogP) is 3.07. The number of hydrogen-bond acceptors (Lipinski definition) is 4. The fraction of sp³-hybridized carbons (Fsp3) is 0.333. The molecule has 126 valence electrons. The molecule has 1 aliphatic carbocycles. The second-order valence-electron chi connectivity index (χ2n) is 6.94. The molecule has 3 atom stereocenters. The lowest BCUT2D eigenvalue weighted by Gasteiger charge is -2.25. The van der Waals surface area contributed by atoms with Gasteiger partial charge in [0.05, 0.1) is 16.0 Å². The molecule has 2 aliphatic heterocycles. The van der Waals surface area contributed by atoms with E-state index in [2.05, 4.69) is 0 Å². The zero-order valence-electron chi connectivity index (χ0n) is 13.3. The maximum absolute atomic E-state index is 13.0. The standard InChI is InChI=1S/C18H15N3O4/c22-17-16-10-5-6-11(9-10)19(16)18(23)20(17)14-7-8-15(21(24)25)13-4-2-1-3-12(13)14/h1-4,7-8,10-11,16H,5-6,9H2/t10-,11+,16-/m0/s1. The van der Waals surface area contributed by atoms with Crippen molar-refractivity contribution >= 4 is 34.1 Å². The van der Waals surface area contributed by atoms with E-state index in [0.29, 0.717) is 16.5 Å². The lowest BCUT2D eigenvalue weighted by Crippen LogP contribution is -2.40. The van der Waals surface area contributed by atoms with E-state index in [4.69, 9.17) is 0 Å². The Kier molecular flexibility index (Phi) is 2.75. The number of nitrogens with zero attached hydrogens (tertiary/aromatic N) is 3. The third-order valence-electron chi connectivity index (χ3n) is 5.79. The Morgan fingerprint density at radius 3 is 2.52 bits per heavy atom. The van der Waals surface area contributed by atoms with Gasteiger partial charge in [-0.15, -0.1) is 0 Å². The molecule has 7 nitrogen and oxygen atoms in total. The highest BCUT2D eigenvalue weighted by Crippen LogP contribution is 2.48. The number of piperidine rings is 1. The van der Waals surface area contributed by atoms with Crippen molar-refractivity contribution in [3.63, 3.8) is 0 Å². The second-order valence-corrected chi connectivity index (χ2v) is 6.94. The highest BCUT2D eigenvalue weighted by molar-refractivity contribution is 6.25. The number of rotatable bonds is 2. The van der Waals surface area contributed by atoms with Crippen molar-refractivity contribution in [2.24, 2.45) is 5.92 Å². The van der Waals surface area contributed by atoms with Crippen molar-refractivity contribution in [2.75, 3.05) is 4.90 Å². The topological polar surface area (TPSA) is 83.8 Å². The minimum absolute atomic E-state index is 0.0287. The smallest absolute Gasteiger partial charge is 0.309 e. The molecular weight excluding hydrogens is 322 g/mol. The number of nitro benzene ring substituents is 1. The Balaban J connectivity index is 1.67. The molecule has 2 saturated heterocycles. The molecule has 2 aromatic carbocycles. The maximum Gasteiger partial charge on any atom is 0.332 e. The molecule has 3 fully saturated rings. The lowest BCUT2D eigenvalue weighted by atomic mass is 9.99. The molecule has 0 aromatic heterocycles. The van der Waals surface area contributed by atoms with Gasteiger partial charge in [-0.25, -0.2) is 9.69 Å². The number of fused-ring (bicyclic) bond motifs is 6. The van der Waals surface area contributed by atoms with Crippen molar-refractivity contribution in [1.82, 2.24) is 4.90 Å². The summed E-state index contributed by atoms with van der Waals surface area (Å²) in [5.74, 6) is 0.0481. The van der Waals surface area contributed by atoms with Gasteiger partial charge in [-0.2, -0.15) is 0 Å². The number of non-ortho nitro benzene ring substituents is 1. The van der Waals surface area contributed by atoms with Gasteiger partial charge in [0.25, 0.3) is 11.6 Å². The van der Waals surface area contributed by atoms with Crippen molar-refractivity contribution in [1.29, 1.82) is 0 Å². The van der Waals surface area contributed by atoms with E-state index in [-0.39, 0.29) is 35.6 Å². The van der Waals surface area contributed by atoms with Crippen LogP contribution in [-0.4, -0.2) is 33.8 Å². The molecule has 0 spiro atoms. The van der Waals surface area contributed by atoms with E-state index in [1.165, 1.54) is 17.0 Å². The minimum atomic E-state index is -0.446. The van der Waals surface area contributed by atoms with Crippen molar-refractivity contribution in [3.05, 3.63) is 46.5 Å². The van der Waals surface area contributed by atoms with E-state index in [1.54, 1.807) is 29.2 Å². The van der Waals surface area contributed by atoms with Crippen LogP contribution in [0.15, 0.2) is 36.4 Å². The van der Waals surface area contributed by atoms with Crippen LogP contribution in [0.3, 0.4) is 0 Å². The normalized spacial score (nSPS) is 27.4. The number of carbonyl (C=O) groups is 2. The van der Waals surface area contributed by atoms with Crippen LogP contribution in [-0.2, 0) is 4.79 Å². The largest absolute Gasteiger partial charge is 0.332 e. The van der Waals surface area contributed by atoms with Crippen LogP contribution in [0.25, 0.3) is 10.8 Å². The summed E-state index contributed by atoms with van der Waals surface area (Å²) in [5, 5.41) is 12.3. The first-order valence-corrected chi connectivity index (χ1v) is 8.40. The van der Waals surface area contributed by atoms with Crippen LogP contribution in [0.5, 0.6) is 0 Å². The number of benzene rings is 2. The molecule has 3 amide bonds. The first kappa shape index (κ1) is 14.4. The van der Waals surface area contributed by atoms with E-state index >= 15 is 0 Å². The molecule has 1 saturated carbocycles. The summed E-state index contributed by atoms with van der Waals surface area (Å²) in [5.41, 5.74) is 0.406. The van der Waals surface area contributed by atoms with Crippen LogP contribution in [0, 0.1) is 16.0 Å². The Labute approximate surface area is 143 Å². The summed E-state index contributed by atoms with van der Waals surface area (Å²) >= 11 is 0. The second kappa shape index (κ2) is 4.78. The average molecular weight is 337 g/mol. The molecule has 2 heterocycles. The van der Waals surface area contributed by atoms with Gasteiger partial charge in [-0.3, -0.25) is 14.9 Å². The fourth-order valence-corrected chi connectivity index (χ4v) is 4.77. The molecule has 3 aliphatic rings. The molecule has 2 aromatic rings. The van der Waals surface area contributed by atoms with Crippen LogP contribution in [0.2, 0.25) is 0 Å². The van der Waals surface area contributed by atoms with E-state index in [1.807, 2.05) is 0 Å². The summed E-state index contributed by atoms with van der Waals surface area (Å²) in [6, 6.07) is 9.22. The number of carbonyl (C=O) groups excluding carboxylic acids is 2. The van der Waals surface area contributed by atoms with Gasteiger partial charge in [0, 0.05) is 17.5 Å². The lowest BCUT2D eigenvalue weighted by molar-refractivity contribution is -0.383. The molecule has 25 heavy (non-hydrogen) atoms. The van der Waals surface area contributed by atoms with Crippen molar-refractivity contribution in [2.45, 2.75) is 31.3 Å². The van der Waals surface area contributed by atoms with Crippen molar-refractivity contribution < 1.29 is 14.5 Å². The Morgan fingerprint density at radius 1 is 1.04 bits per heavy atom. The number of imide groups is 1. The molecule has 0 radical (unpaired) electrons. The predicted molar refractivity (Wildman–Crippen MR) is 90.2 cm³/mol. The number of hydrogen-bond donors (Lipinski definition) is 0. The van der Waals surface area contributed by atoms with Gasteiger partial charge < -0.3 is 4.90 Å². The highest BCUT2D eigenvalue weighted by atomic mass is 16.6. The van der Waals surface area contributed by atoms with Gasteiger partial charge in [-0.1, -0.05) is 18.2 Å². The number of amides is 3. The van der Waals surface area contributed by atoms with Gasteiger partial charge in [-0.05, 0) is 37.3 Å². The van der Waals surface area contributed by atoms with E-state index < -0.39 is 4.92 Å². The highest BCUT2D eigenvalue weighted by Gasteiger charge is 2.59. The van der Waals surface area contributed by atoms with Gasteiger partial charge >= 0.3 is 6.03 Å². The first-order valence-electron chi connectivity index (χ1n) is 8.40. The minimum Gasteiger partial charge on any atom is -0.309 e. The van der Waals surface area contributed by atoms with Crippen LogP contribution in [0.4, 0.5) is 16.2 Å². The first-order chi connectivity index (χ1) is 12.1. The quantitative estimate of drug-likeness (QED) is 0.479. The molecular formula is C18H15N3O4. The monoisotopic (exact) mass is 337 g/mol. The summed E-state index contributed by atoms with van der Waals surface area (Å²) in [6.07, 6.45) is 2.85. The van der Waals surface area contributed by atoms with Crippen LogP contribution < -0.4 is 4.90 Å². The fourth-order valence-electron chi connectivity index (χ4n) is 4.77. The molecule has 2 bridgehead atoms. The van der Waals surface area contributed by atoms with Gasteiger partial charge in [0.2, 0.25) is 0 Å². The number of urea groups is 1. The molecule has 5 rings (SSSR count). The Morgan fingerprint density at radius 2 is 1.80 bits per heavy atom. The number of anilines is 1. The average Bonchev–Trinajstić information content (AvgIpc) is 3.28. The summed E-state index contributed by atoms with van der Waals surface area (Å²) in [4.78, 5) is 39.7. The van der Waals surface area contributed by atoms with Crippen LogP contribution >= 0.6 is 0 Å². The summed E-state index contributed by atoms with van der Waals surface area (Å²) < 4.78 is 0. The maximum atomic E-state index is 13.0. The van der Waals surface area contributed by atoms with Crippen LogP contribution in [0.1, 0.15) is 19.3 Å². The van der Waals surface area contributed by atoms with Crippen molar-refractivity contribution in [3.8, 4) is 0 Å². The zero-order chi connectivity index (χ0) is 17.3. The summed E-state index contributed by atoms with van der Waals surface area (Å²) in [7, 11) is 0. The van der Waals surface area contributed by atoms with Gasteiger partial charge in [0.15, 0.2) is 0 Å². The number of nitro groups is 1. The van der Waals surface area contributed by atoms with E-state index in [0.717, 1.165) is 19.3 Å². The van der Waals surface area contributed by atoms with Gasteiger partial charge in [0.1, 0.15) is 6.04 Å². The van der Waals surface area contributed by atoms with E-state index in [9.17, 15) is 19.7 Å².